The van der Waals surface area contributed by atoms with E-state index in [2.05, 4.69) is 17.2 Å². The van der Waals surface area contributed by atoms with E-state index in [1.807, 2.05) is 11.7 Å². The number of aromatic nitrogens is 1. The van der Waals surface area contributed by atoms with Gasteiger partial charge in [0.05, 0.1) is 12.1 Å². The van der Waals surface area contributed by atoms with Crippen LogP contribution in [-0.4, -0.2) is 31.3 Å². The van der Waals surface area contributed by atoms with E-state index in [-0.39, 0.29) is 0 Å². The van der Waals surface area contributed by atoms with Crippen molar-refractivity contribution >= 4 is 11.3 Å². The van der Waals surface area contributed by atoms with Crippen LogP contribution in [0.1, 0.15) is 18.2 Å². The minimum absolute atomic E-state index is 0.417. The predicted octanol–water partition coefficient (Wildman–Crippen LogP) is 1.70. The van der Waals surface area contributed by atoms with Gasteiger partial charge >= 0.3 is 0 Å². The van der Waals surface area contributed by atoms with Crippen LogP contribution in [0.5, 0.6) is 0 Å². The van der Waals surface area contributed by atoms with Gasteiger partial charge in [-0.05, 0) is 13.0 Å². The van der Waals surface area contributed by atoms with E-state index in [1.54, 1.807) is 18.4 Å². The van der Waals surface area contributed by atoms with E-state index in [0.29, 0.717) is 6.04 Å². The van der Waals surface area contributed by atoms with Crippen molar-refractivity contribution in [2.24, 2.45) is 0 Å². The molecule has 0 spiro atoms. The highest BCUT2D eigenvalue weighted by Gasteiger charge is 2.08. The first-order valence-electron chi connectivity index (χ1n) is 4.96. The second kappa shape index (κ2) is 6.92. The lowest BCUT2D eigenvalue weighted by atomic mass is 10.2. The second-order valence-electron chi connectivity index (χ2n) is 3.28. The number of ether oxygens (including phenoxy) is 1. The van der Waals surface area contributed by atoms with E-state index < -0.39 is 0 Å². The Bertz CT molecular complexity index is 226. The lowest BCUT2D eigenvalue weighted by Crippen LogP contribution is -2.35. The SMILES string of the molecule is CCCNC(COC)Cc1cncs1. The first-order chi connectivity index (χ1) is 6.86. The van der Waals surface area contributed by atoms with E-state index in [1.165, 1.54) is 4.88 Å². The molecule has 1 atom stereocenters. The molecule has 0 aromatic carbocycles. The van der Waals surface area contributed by atoms with Gasteiger partial charge in [-0.15, -0.1) is 11.3 Å². The van der Waals surface area contributed by atoms with Gasteiger partial charge in [0.15, 0.2) is 0 Å². The number of hydrogen-bond acceptors (Lipinski definition) is 4. The fraction of sp³-hybridized carbons (Fsp3) is 0.700. The number of thiazole rings is 1. The molecule has 4 heteroatoms. The van der Waals surface area contributed by atoms with Gasteiger partial charge in [0.2, 0.25) is 0 Å². The number of nitrogens with one attached hydrogen (secondary N) is 1. The van der Waals surface area contributed by atoms with E-state index in [9.17, 15) is 0 Å². The summed E-state index contributed by atoms with van der Waals surface area (Å²) in [5.41, 5.74) is 1.87. The fourth-order valence-corrected chi connectivity index (χ4v) is 2.00. The highest BCUT2D eigenvalue weighted by atomic mass is 32.1. The molecule has 80 valence electrons. The maximum absolute atomic E-state index is 5.17. The summed E-state index contributed by atoms with van der Waals surface area (Å²) in [5.74, 6) is 0. The Labute approximate surface area is 89.5 Å². The van der Waals surface area contributed by atoms with Gasteiger partial charge in [0.25, 0.3) is 0 Å². The molecule has 1 heterocycles. The number of nitrogens with zero attached hydrogens (tertiary/aromatic N) is 1. The van der Waals surface area contributed by atoms with Gasteiger partial charge in [-0.3, -0.25) is 4.98 Å². The first kappa shape index (κ1) is 11.6. The van der Waals surface area contributed by atoms with Gasteiger partial charge in [0.1, 0.15) is 0 Å². The molecule has 0 aliphatic rings. The molecule has 1 aromatic rings. The average Bonchev–Trinajstić information content (AvgIpc) is 2.67. The minimum atomic E-state index is 0.417. The highest BCUT2D eigenvalue weighted by molar-refractivity contribution is 7.09. The summed E-state index contributed by atoms with van der Waals surface area (Å²) in [6.45, 7) is 3.98. The zero-order chi connectivity index (χ0) is 10.2. The normalized spacial score (nSPS) is 13.0. The smallest absolute Gasteiger partial charge is 0.0794 e. The predicted molar refractivity (Wildman–Crippen MR) is 59.8 cm³/mol. The molecule has 0 radical (unpaired) electrons. The molecule has 14 heavy (non-hydrogen) atoms. The first-order valence-corrected chi connectivity index (χ1v) is 5.84. The summed E-state index contributed by atoms with van der Waals surface area (Å²) < 4.78 is 5.17. The highest BCUT2D eigenvalue weighted by Crippen LogP contribution is 2.08. The molecular formula is C10H18N2OS. The van der Waals surface area contributed by atoms with Crippen LogP contribution in [0.15, 0.2) is 11.7 Å². The third-order valence-electron chi connectivity index (χ3n) is 1.98. The molecule has 0 aliphatic heterocycles. The van der Waals surface area contributed by atoms with Crippen molar-refractivity contribution < 1.29 is 4.74 Å². The topological polar surface area (TPSA) is 34.1 Å². The molecule has 1 unspecified atom stereocenters. The third-order valence-corrected chi connectivity index (χ3v) is 2.78. The Kier molecular flexibility index (Phi) is 5.75. The zero-order valence-electron chi connectivity index (χ0n) is 8.82. The van der Waals surface area contributed by atoms with Gasteiger partial charge in [-0.25, -0.2) is 0 Å². The summed E-state index contributed by atoms with van der Waals surface area (Å²) in [5, 5.41) is 3.46. The molecule has 3 nitrogen and oxygen atoms in total. The Morgan fingerprint density at radius 2 is 2.50 bits per heavy atom. The van der Waals surface area contributed by atoms with Crippen LogP contribution in [0.3, 0.4) is 0 Å². The molecule has 0 fully saturated rings. The summed E-state index contributed by atoms with van der Waals surface area (Å²) in [6, 6.07) is 0.417. The Hall–Kier alpha value is -0.450. The molecule has 0 amide bonds. The molecule has 0 aliphatic carbocycles. The van der Waals surface area contributed by atoms with Crippen molar-refractivity contribution in [1.82, 2.24) is 10.3 Å². The lowest BCUT2D eigenvalue weighted by molar-refractivity contribution is 0.166. The number of methoxy groups -OCH3 is 1. The number of rotatable bonds is 7. The maximum Gasteiger partial charge on any atom is 0.0794 e. The van der Waals surface area contributed by atoms with Gasteiger partial charge in [-0.2, -0.15) is 0 Å². The lowest BCUT2D eigenvalue weighted by Gasteiger charge is -2.16. The third kappa shape index (κ3) is 4.17. The molecule has 1 rings (SSSR count). The van der Waals surface area contributed by atoms with Crippen molar-refractivity contribution in [3.8, 4) is 0 Å². The molecule has 1 aromatic heterocycles. The van der Waals surface area contributed by atoms with Crippen LogP contribution in [0.2, 0.25) is 0 Å². The molecule has 1 N–H and O–H groups in total. The van der Waals surface area contributed by atoms with Crippen molar-refractivity contribution in [3.63, 3.8) is 0 Å². The molecule has 0 saturated heterocycles. The Morgan fingerprint density at radius 3 is 3.07 bits per heavy atom. The standard InChI is InChI=1S/C10H18N2OS/c1-3-4-12-9(7-13-2)5-10-6-11-8-14-10/h6,8-9,12H,3-5,7H2,1-2H3. The van der Waals surface area contributed by atoms with Crippen molar-refractivity contribution in [2.75, 3.05) is 20.3 Å². The minimum Gasteiger partial charge on any atom is -0.383 e. The second-order valence-corrected chi connectivity index (χ2v) is 4.25. The summed E-state index contributed by atoms with van der Waals surface area (Å²) in [6.07, 6.45) is 4.10. The van der Waals surface area contributed by atoms with Crippen LogP contribution in [0.4, 0.5) is 0 Å². The Balaban J connectivity index is 2.34. The van der Waals surface area contributed by atoms with Crippen LogP contribution in [0.25, 0.3) is 0 Å². The van der Waals surface area contributed by atoms with Crippen molar-refractivity contribution in [1.29, 1.82) is 0 Å². The maximum atomic E-state index is 5.17. The Morgan fingerprint density at radius 1 is 1.64 bits per heavy atom. The molecule has 0 bridgehead atoms. The van der Waals surface area contributed by atoms with Crippen LogP contribution < -0.4 is 5.32 Å². The van der Waals surface area contributed by atoms with Gasteiger partial charge in [-0.1, -0.05) is 6.92 Å². The van der Waals surface area contributed by atoms with Crippen LogP contribution in [0, 0.1) is 0 Å². The largest absolute Gasteiger partial charge is 0.383 e. The average molecular weight is 214 g/mol. The summed E-state index contributed by atoms with van der Waals surface area (Å²) in [7, 11) is 1.74. The fourth-order valence-electron chi connectivity index (χ4n) is 1.33. The van der Waals surface area contributed by atoms with Crippen LogP contribution in [-0.2, 0) is 11.2 Å². The van der Waals surface area contributed by atoms with Gasteiger partial charge < -0.3 is 10.1 Å². The van der Waals surface area contributed by atoms with E-state index in [0.717, 1.165) is 26.0 Å². The van der Waals surface area contributed by atoms with Crippen molar-refractivity contribution in [3.05, 3.63) is 16.6 Å². The quantitative estimate of drug-likeness (QED) is 0.750. The van der Waals surface area contributed by atoms with Gasteiger partial charge in [0, 0.05) is 30.6 Å². The summed E-state index contributed by atoms with van der Waals surface area (Å²) >= 11 is 1.70. The van der Waals surface area contributed by atoms with E-state index in [4.69, 9.17) is 4.74 Å². The van der Waals surface area contributed by atoms with E-state index >= 15 is 0 Å². The van der Waals surface area contributed by atoms with Crippen LogP contribution >= 0.6 is 11.3 Å². The number of hydrogen-bond donors (Lipinski definition) is 1. The zero-order valence-corrected chi connectivity index (χ0v) is 9.64. The monoisotopic (exact) mass is 214 g/mol. The molecule has 0 saturated carbocycles. The summed E-state index contributed by atoms with van der Waals surface area (Å²) in [4.78, 5) is 5.38. The van der Waals surface area contributed by atoms with Crippen molar-refractivity contribution in [2.45, 2.75) is 25.8 Å². The molecular weight excluding hydrogens is 196 g/mol.